The van der Waals surface area contributed by atoms with Crippen molar-refractivity contribution < 1.29 is 9.84 Å². The van der Waals surface area contributed by atoms with Crippen molar-refractivity contribution in [2.24, 2.45) is 5.92 Å². The van der Waals surface area contributed by atoms with Gasteiger partial charge in [-0.05, 0) is 11.6 Å². The van der Waals surface area contributed by atoms with Gasteiger partial charge in [0.25, 0.3) is 0 Å². The summed E-state index contributed by atoms with van der Waals surface area (Å²) in [6.07, 6.45) is 0. The van der Waals surface area contributed by atoms with Gasteiger partial charge >= 0.3 is 0 Å². The van der Waals surface area contributed by atoms with E-state index in [1.54, 1.807) is 7.11 Å². The second-order valence-electron chi connectivity index (χ2n) is 3.95. The molecule has 2 N–H and O–H groups in total. The topological polar surface area (TPSA) is 41.5 Å². The van der Waals surface area contributed by atoms with Gasteiger partial charge in [-0.15, -0.1) is 0 Å². The maximum absolute atomic E-state index is 9.28. The number of aliphatic hydroxyl groups excluding tert-OH is 1. The lowest BCUT2D eigenvalue weighted by atomic mass is 9.89. The lowest BCUT2D eigenvalue weighted by molar-refractivity contribution is 0.225. The van der Waals surface area contributed by atoms with Crippen LogP contribution in [0.2, 0.25) is 0 Å². The van der Waals surface area contributed by atoms with Crippen molar-refractivity contribution >= 4 is 0 Å². The van der Waals surface area contributed by atoms with Crippen LogP contribution in [0.5, 0.6) is 5.75 Å². The Kier molecular flexibility index (Phi) is 3.23. The first-order valence-electron chi connectivity index (χ1n) is 5.31. The first-order chi connectivity index (χ1) is 7.36. The van der Waals surface area contributed by atoms with Gasteiger partial charge in [-0.1, -0.05) is 18.2 Å². The number of ether oxygens (including phenoxy) is 1. The molecule has 2 unspecified atom stereocenters. The number of rotatable bonds is 3. The van der Waals surface area contributed by atoms with E-state index in [2.05, 4.69) is 11.4 Å². The zero-order valence-electron chi connectivity index (χ0n) is 8.94. The Morgan fingerprint density at radius 3 is 2.93 bits per heavy atom. The molecule has 0 amide bonds. The van der Waals surface area contributed by atoms with Gasteiger partial charge in [-0.25, -0.2) is 0 Å². The molecule has 1 fully saturated rings. The minimum Gasteiger partial charge on any atom is -0.496 e. The Morgan fingerprint density at radius 1 is 1.40 bits per heavy atom. The predicted molar refractivity (Wildman–Crippen MR) is 59.2 cm³/mol. The van der Waals surface area contributed by atoms with Gasteiger partial charge in [-0.3, -0.25) is 0 Å². The van der Waals surface area contributed by atoms with Crippen LogP contribution in [0, 0.1) is 5.92 Å². The fourth-order valence-corrected chi connectivity index (χ4v) is 2.26. The average Bonchev–Trinajstić information content (AvgIpc) is 2.76. The molecule has 0 saturated carbocycles. The third-order valence-corrected chi connectivity index (χ3v) is 3.11. The molecule has 1 saturated heterocycles. The van der Waals surface area contributed by atoms with E-state index in [4.69, 9.17) is 4.74 Å². The molecular weight excluding hydrogens is 190 g/mol. The van der Waals surface area contributed by atoms with E-state index < -0.39 is 0 Å². The summed E-state index contributed by atoms with van der Waals surface area (Å²) in [6.45, 7) is 2.04. The normalized spacial score (nSPS) is 25.5. The summed E-state index contributed by atoms with van der Waals surface area (Å²) in [5.74, 6) is 1.59. The highest BCUT2D eigenvalue weighted by Crippen LogP contribution is 2.33. The van der Waals surface area contributed by atoms with Crippen molar-refractivity contribution in [2.45, 2.75) is 5.92 Å². The first kappa shape index (κ1) is 10.5. The maximum atomic E-state index is 9.28. The lowest BCUT2D eigenvalue weighted by Gasteiger charge is -2.19. The fourth-order valence-electron chi connectivity index (χ4n) is 2.26. The van der Waals surface area contributed by atoms with E-state index in [1.807, 2.05) is 18.2 Å². The Labute approximate surface area is 90.1 Å². The molecule has 0 bridgehead atoms. The van der Waals surface area contributed by atoms with Gasteiger partial charge in [-0.2, -0.15) is 0 Å². The molecule has 2 atom stereocenters. The van der Waals surface area contributed by atoms with Crippen LogP contribution in [0.3, 0.4) is 0 Å². The Balaban J connectivity index is 2.27. The average molecular weight is 207 g/mol. The number of benzene rings is 1. The smallest absolute Gasteiger partial charge is 0.122 e. The van der Waals surface area contributed by atoms with Gasteiger partial charge in [0.1, 0.15) is 5.75 Å². The van der Waals surface area contributed by atoms with Crippen molar-refractivity contribution in [3.05, 3.63) is 29.8 Å². The van der Waals surface area contributed by atoms with Crippen LogP contribution in [0.25, 0.3) is 0 Å². The van der Waals surface area contributed by atoms with E-state index in [-0.39, 0.29) is 6.61 Å². The number of hydrogen-bond acceptors (Lipinski definition) is 3. The van der Waals surface area contributed by atoms with E-state index in [1.165, 1.54) is 5.56 Å². The van der Waals surface area contributed by atoms with Crippen LogP contribution in [0.4, 0.5) is 0 Å². The highest BCUT2D eigenvalue weighted by molar-refractivity contribution is 5.37. The van der Waals surface area contributed by atoms with Gasteiger partial charge in [0.15, 0.2) is 0 Å². The molecule has 2 rings (SSSR count). The van der Waals surface area contributed by atoms with Crippen LogP contribution in [-0.4, -0.2) is 31.9 Å². The molecule has 1 heterocycles. The zero-order chi connectivity index (χ0) is 10.7. The summed E-state index contributed by atoms with van der Waals surface area (Å²) >= 11 is 0. The first-order valence-corrected chi connectivity index (χ1v) is 5.31. The molecule has 0 aromatic heterocycles. The van der Waals surface area contributed by atoms with E-state index in [9.17, 15) is 5.11 Å². The lowest BCUT2D eigenvalue weighted by Crippen LogP contribution is -2.15. The van der Waals surface area contributed by atoms with Crippen molar-refractivity contribution in [1.29, 1.82) is 0 Å². The fraction of sp³-hybridized carbons (Fsp3) is 0.500. The quantitative estimate of drug-likeness (QED) is 0.776. The molecule has 3 nitrogen and oxygen atoms in total. The summed E-state index contributed by atoms with van der Waals surface area (Å²) in [4.78, 5) is 0. The molecule has 82 valence electrons. The maximum Gasteiger partial charge on any atom is 0.122 e. The van der Waals surface area contributed by atoms with Crippen molar-refractivity contribution in [1.82, 2.24) is 5.32 Å². The molecule has 1 aliphatic heterocycles. The summed E-state index contributed by atoms with van der Waals surface area (Å²) in [5, 5.41) is 12.6. The van der Waals surface area contributed by atoms with Crippen molar-refractivity contribution in [3.63, 3.8) is 0 Å². The van der Waals surface area contributed by atoms with Crippen LogP contribution in [0.1, 0.15) is 11.5 Å². The van der Waals surface area contributed by atoms with Crippen LogP contribution in [0.15, 0.2) is 24.3 Å². The van der Waals surface area contributed by atoms with Crippen molar-refractivity contribution in [2.75, 3.05) is 26.8 Å². The summed E-state index contributed by atoms with van der Waals surface area (Å²) in [7, 11) is 1.69. The van der Waals surface area contributed by atoms with Gasteiger partial charge in [0.2, 0.25) is 0 Å². The molecule has 1 aromatic rings. The zero-order valence-corrected chi connectivity index (χ0v) is 8.94. The molecule has 1 aromatic carbocycles. The Bertz CT molecular complexity index is 327. The molecule has 0 aliphatic carbocycles. The molecule has 0 radical (unpaired) electrons. The molecule has 15 heavy (non-hydrogen) atoms. The second-order valence-corrected chi connectivity index (χ2v) is 3.95. The van der Waals surface area contributed by atoms with Crippen LogP contribution in [-0.2, 0) is 0 Å². The molecular formula is C12H17NO2. The van der Waals surface area contributed by atoms with Gasteiger partial charge < -0.3 is 15.2 Å². The SMILES string of the molecule is COc1ccccc1C1CNCC1CO. The third-order valence-electron chi connectivity index (χ3n) is 3.11. The Morgan fingerprint density at radius 2 is 2.20 bits per heavy atom. The van der Waals surface area contributed by atoms with E-state index >= 15 is 0 Å². The summed E-state index contributed by atoms with van der Waals surface area (Å²) in [6, 6.07) is 8.05. The van der Waals surface area contributed by atoms with Crippen molar-refractivity contribution in [3.8, 4) is 5.75 Å². The van der Waals surface area contributed by atoms with Gasteiger partial charge in [0, 0.05) is 31.5 Å². The number of methoxy groups -OCH3 is 1. The summed E-state index contributed by atoms with van der Waals surface area (Å²) < 4.78 is 5.34. The van der Waals surface area contributed by atoms with E-state index in [0.717, 1.165) is 18.8 Å². The molecule has 0 spiro atoms. The number of para-hydroxylation sites is 1. The number of nitrogens with one attached hydrogen (secondary N) is 1. The Hall–Kier alpha value is -1.06. The highest BCUT2D eigenvalue weighted by Gasteiger charge is 2.29. The highest BCUT2D eigenvalue weighted by atomic mass is 16.5. The van der Waals surface area contributed by atoms with Crippen LogP contribution < -0.4 is 10.1 Å². The van der Waals surface area contributed by atoms with E-state index in [0.29, 0.717) is 11.8 Å². The predicted octanol–water partition coefficient (Wildman–Crippen LogP) is 0.990. The molecule has 3 heteroatoms. The third kappa shape index (κ3) is 1.98. The largest absolute Gasteiger partial charge is 0.496 e. The molecule has 1 aliphatic rings. The van der Waals surface area contributed by atoms with Gasteiger partial charge in [0.05, 0.1) is 7.11 Å². The monoisotopic (exact) mass is 207 g/mol. The minimum atomic E-state index is 0.232. The number of hydrogen-bond donors (Lipinski definition) is 2. The minimum absolute atomic E-state index is 0.232. The second kappa shape index (κ2) is 4.64. The van der Waals surface area contributed by atoms with Crippen LogP contribution >= 0.6 is 0 Å². The standard InChI is InChI=1S/C12H17NO2/c1-15-12-5-3-2-4-10(12)11-7-13-6-9(11)8-14/h2-5,9,11,13-14H,6-8H2,1H3. The number of aliphatic hydroxyl groups is 1. The summed E-state index contributed by atoms with van der Waals surface area (Å²) in [5.41, 5.74) is 1.20.